The van der Waals surface area contributed by atoms with Crippen LogP contribution in [0.3, 0.4) is 0 Å². The Morgan fingerprint density at radius 2 is 2.33 bits per heavy atom. The summed E-state index contributed by atoms with van der Waals surface area (Å²) in [6.45, 7) is 11.2. The van der Waals surface area contributed by atoms with Gasteiger partial charge in [0.25, 0.3) is 0 Å². The van der Waals surface area contributed by atoms with Gasteiger partial charge in [0.15, 0.2) is 0 Å². The third-order valence-corrected chi connectivity index (χ3v) is 2.21. The molecule has 0 unspecified atom stereocenters. The molecule has 0 aliphatic carbocycles. The SMILES string of the molecule is CC(C)=CCN1CCN[C@@H](C)C1. The molecular formula is C10H20N2. The molecule has 1 atom stereocenters. The zero-order valence-electron chi connectivity index (χ0n) is 8.43. The van der Waals surface area contributed by atoms with E-state index in [0.29, 0.717) is 6.04 Å². The van der Waals surface area contributed by atoms with Gasteiger partial charge in [0.05, 0.1) is 0 Å². The lowest BCUT2D eigenvalue weighted by molar-refractivity contribution is 0.226. The van der Waals surface area contributed by atoms with Crippen LogP contribution in [0.5, 0.6) is 0 Å². The minimum atomic E-state index is 0.657. The molecule has 1 aliphatic rings. The van der Waals surface area contributed by atoms with E-state index in [4.69, 9.17) is 0 Å². The van der Waals surface area contributed by atoms with Gasteiger partial charge in [-0.15, -0.1) is 0 Å². The lowest BCUT2D eigenvalue weighted by atomic mass is 10.2. The summed E-state index contributed by atoms with van der Waals surface area (Å²) in [6.07, 6.45) is 2.30. The maximum Gasteiger partial charge on any atom is 0.0167 e. The van der Waals surface area contributed by atoms with Gasteiger partial charge in [0.2, 0.25) is 0 Å². The third-order valence-electron chi connectivity index (χ3n) is 2.21. The van der Waals surface area contributed by atoms with Crippen molar-refractivity contribution in [3.63, 3.8) is 0 Å². The maximum absolute atomic E-state index is 3.44. The molecule has 1 fully saturated rings. The Morgan fingerprint density at radius 3 is 2.92 bits per heavy atom. The van der Waals surface area contributed by atoms with E-state index in [1.807, 2.05) is 0 Å². The lowest BCUT2D eigenvalue weighted by Crippen LogP contribution is -2.49. The molecule has 0 bridgehead atoms. The molecule has 0 aromatic rings. The van der Waals surface area contributed by atoms with Crippen molar-refractivity contribution in [1.82, 2.24) is 10.2 Å². The van der Waals surface area contributed by atoms with Crippen LogP contribution in [0.15, 0.2) is 11.6 Å². The highest BCUT2D eigenvalue weighted by Crippen LogP contribution is 1.99. The first kappa shape index (κ1) is 9.75. The number of hydrogen-bond donors (Lipinski definition) is 1. The van der Waals surface area contributed by atoms with Gasteiger partial charge < -0.3 is 5.32 Å². The Bertz CT molecular complexity index is 159. The van der Waals surface area contributed by atoms with Gasteiger partial charge in [-0.1, -0.05) is 11.6 Å². The third kappa shape index (κ3) is 3.37. The highest BCUT2D eigenvalue weighted by molar-refractivity contribution is 4.95. The predicted molar refractivity (Wildman–Crippen MR) is 53.3 cm³/mol. The molecule has 1 N–H and O–H groups in total. The van der Waals surface area contributed by atoms with Crippen LogP contribution in [-0.4, -0.2) is 37.1 Å². The lowest BCUT2D eigenvalue weighted by Gasteiger charge is -2.30. The van der Waals surface area contributed by atoms with Crippen LogP contribution < -0.4 is 5.32 Å². The number of allylic oxidation sites excluding steroid dienone is 1. The average Bonchev–Trinajstić information content (AvgIpc) is 2.01. The van der Waals surface area contributed by atoms with Crippen LogP contribution in [0.25, 0.3) is 0 Å². The number of piperazine rings is 1. The molecule has 1 saturated heterocycles. The van der Waals surface area contributed by atoms with Crippen molar-refractivity contribution in [2.45, 2.75) is 26.8 Å². The van der Waals surface area contributed by atoms with Crippen LogP contribution in [-0.2, 0) is 0 Å². The van der Waals surface area contributed by atoms with E-state index < -0.39 is 0 Å². The maximum atomic E-state index is 3.44. The number of nitrogens with zero attached hydrogens (tertiary/aromatic N) is 1. The molecule has 2 heteroatoms. The van der Waals surface area contributed by atoms with Gasteiger partial charge in [0.1, 0.15) is 0 Å². The smallest absolute Gasteiger partial charge is 0.0167 e. The number of nitrogens with one attached hydrogen (secondary N) is 1. The summed E-state index contributed by atoms with van der Waals surface area (Å²) < 4.78 is 0. The summed E-state index contributed by atoms with van der Waals surface area (Å²) in [5.74, 6) is 0. The number of rotatable bonds is 2. The Hall–Kier alpha value is -0.340. The van der Waals surface area contributed by atoms with Gasteiger partial charge in [-0.05, 0) is 20.8 Å². The molecule has 70 valence electrons. The molecule has 0 saturated carbocycles. The fraction of sp³-hybridized carbons (Fsp3) is 0.800. The zero-order chi connectivity index (χ0) is 8.97. The van der Waals surface area contributed by atoms with Gasteiger partial charge >= 0.3 is 0 Å². The van der Waals surface area contributed by atoms with Gasteiger partial charge in [-0.2, -0.15) is 0 Å². The van der Waals surface area contributed by atoms with E-state index in [2.05, 4.69) is 37.1 Å². The molecule has 0 aromatic carbocycles. The summed E-state index contributed by atoms with van der Waals surface area (Å²) >= 11 is 0. The second-order valence-electron chi connectivity index (χ2n) is 3.90. The normalized spacial score (nSPS) is 25.4. The van der Waals surface area contributed by atoms with E-state index in [-0.39, 0.29) is 0 Å². The van der Waals surface area contributed by atoms with E-state index in [1.165, 1.54) is 18.7 Å². The minimum absolute atomic E-state index is 0.657. The van der Waals surface area contributed by atoms with Gasteiger partial charge in [-0.25, -0.2) is 0 Å². The van der Waals surface area contributed by atoms with E-state index in [9.17, 15) is 0 Å². The summed E-state index contributed by atoms with van der Waals surface area (Å²) in [5.41, 5.74) is 1.42. The fourth-order valence-corrected chi connectivity index (χ4v) is 1.49. The van der Waals surface area contributed by atoms with Gasteiger partial charge in [0, 0.05) is 32.2 Å². The minimum Gasteiger partial charge on any atom is -0.312 e. The van der Waals surface area contributed by atoms with E-state index in [0.717, 1.165) is 13.1 Å². The molecule has 0 spiro atoms. The molecule has 12 heavy (non-hydrogen) atoms. The van der Waals surface area contributed by atoms with Crippen LogP contribution in [0.1, 0.15) is 20.8 Å². The van der Waals surface area contributed by atoms with Crippen LogP contribution in [0, 0.1) is 0 Å². The molecular weight excluding hydrogens is 148 g/mol. The quantitative estimate of drug-likeness (QED) is 0.624. The van der Waals surface area contributed by atoms with Crippen molar-refractivity contribution in [2.75, 3.05) is 26.2 Å². The summed E-state index contributed by atoms with van der Waals surface area (Å²) in [6, 6.07) is 0.657. The molecule has 2 nitrogen and oxygen atoms in total. The standard InChI is InChI=1S/C10H20N2/c1-9(2)4-6-12-7-5-11-10(3)8-12/h4,10-11H,5-8H2,1-3H3/t10-/m0/s1. The van der Waals surface area contributed by atoms with Crippen molar-refractivity contribution in [1.29, 1.82) is 0 Å². The summed E-state index contributed by atoms with van der Waals surface area (Å²) in [5, 5.41) is 3.44. The Morgan fingerprint density at radius 1 is 1.58 bits per heavy atom. The van der Waals surface area contributed by atoms with Crippen LogP contribution >= 0.6 is 0 Å². The first-order chi connectivity index (χ1) is 5.68. The van der Waals surface area contributed by atoms with E-state index in [1.54, 1.807) is 0 Å². The van der Waals surface area contributed by atoms with Crippen LogP contribution in [0.2, 0.25) is 0 Å². The Balaban J connectivity index is 2.27. The molecule has 1 rings (SSSR count). The summed E-state index contributed by atoms with van der Waals surface area (Å²) in [4.78, 5) is 2.49. The molecule has 1 heterocycles. The monoisotopic (exact) mass is 168 g/mol. The van der Waals surface area contributed by atoms with Gasteiger partial charge in [-0.3, -0.25) is 4.90 Å². The van der Waals surface area contributed by atoms with Crippen molar-refractivity contribution >= 4 is 0 Å². The highest BCUT2D eigenvalue weighted by Gasteiger charge is 2.13. The molecule has 0 amide bonds. The summed E-state index contributed by atoms with van der Waals surface area (Å²) in [7, 11) is 0. The molecule has 0 radical (unpaired) electrons. The Labute approximate surface area is 75.6 Å². The predicted octanol–water partition coefficient (Wildman–Crippen LogP) is 1.25. The van der Waals surface area contributed by atoms with Crippen LogP contribution in [0.4, 0.5) is 0 Å². The molecule has 0 aromatic heterocycles. The van der Waals surface area contributed by atoms with Crippen molar-refractivity contribution < 1.29 is 0 Å². The number of hydrogen-bond acceptors (Lipinski definition) is 2. The van der Waals surface area contributed by atoms with Crippen molar-refractivity contribution in [3.8, 4) is 0 Å². The molecule has 1 aliphatic heterocycles. The van der Waals surface area contributed by atoms with E-state index >= 15 is 0 Å². The highest BCUT2D eigenvalue weighted by atomic mass is 15.2. The Kier molecular flexibility index (Phi) is 3.76. The second kappa shape index (κ2) is 4.63. The first-order valence-electron chi connectivity index (χ1n) is 4.77. The zero-order valence-corrected chi connectivity index (χ0v) is 8.43. The first-order valence-corrected chi connectivity index (χ1v) is 4.77. The average molecular weight is 168 g/mol. The van der Waals surface area contributed by atoms with Crippen molar-refractivity contribution in [2.24, 2.45) is 0 Å². The topological polar surface area (TPSA) is 15.3 Å². The van der Waals surface area contributed by atoms with Crippen molar-refractivity contribution in [3.05, 3.63) is 11.6 Å². The largest absolute Gasteiger partial charge is 0.312 e. The second-order valence-corrected chi connectivity index (χ2v) is 3.90. The fourth-order valence-electron chi connectivity index (χ4n) is 1.49.